The molecule has 0 aromatic carbocycles. The summed E-state index contributed by atoms with van der Waals surface area (Å²) >= 11 is 0. The molecule has 1 atom stereocenters. The lowest BCUT2D eigenvalue weighted by Crippen LogP contribution is -2.44. The molecule has 17 heavy (non-hydrogen) atoms. The van der Waals surface area contributed by atoms with E-state index in [9.17, 15) is 9.59 Å². The number of hydrogen-bond donors (Lipinski definition) is 0. The molecular weight excluding hydrogens is 216 g/mol. The molecule has 0 spiro atoms. The van der Waals surface area contributed by atoms with Gasteiger partial charge >= 0.3 is 0 Å². The van der Waals surface area contributed by atoms with Crippen molar-refractivity contribution < 1.29 is 9.59 Å². The number of carbonyl (C=O) groups is 2. The number of nitrogens with zero attached hydrogens (tertiary/aromatic N) is 2. The number of piperidine rings is 1. The molecule has 0 aromatic heterocycles. The van der Waals surface area contributed by atoms with Gasteiger partial charge in [0.2, 0.25) is 11.8 Å². The van der Waals surface area contributed by atoms with Gasteiger partial charge in [-0.1, -0.05) is 0 Å². The van der Waals surface area contributed by atoms with Crippen LogP contribution < -0.4 is 0 Å². The zero-order chi connectivity index (χ0) is 12.4. The third-order valence-corrected chi connectivity index (χ3v) is 4.13. The smallest absolute Gasteiger partial charge is 0.226 e. The first kappa shape index (κ1) is 12.4. The van der Waals surface area contributed by atoms with E-state index < -0.39 is 0 Å². The first-order valence-corrected chi connectivity index (χ1v) is 6.65. The van der Waals surface area contributed by atoms with Gasteiger partial charge < -0.3 is 9.80 Å². The van der Waals surface area contributed by atoms with Crippen LogP contribution in [0.5, 0.6) is 0 Å². The highest BCUT2D eigenvalue weighted by Crippen LogP contribution is 2.24. The summed E-state index contributed by atoms with van der Waals surface area (Å²) in [5.74, 6) is 0.592. The highest BCUT2D eigenvalue weighted by atomic mass is 16.2. The normalized spacial score (nSPS) is 26.4. The summed E-state index contributed by atoms with van der Waals surface area (Å²) in [5.41, 5.74) is 0. The van der Waals surface area contributed by atoms with Crippen LogP contribution in [0, 0.1) is 5.92 Å². The molecule has 0 N–H and O–H groups in total. The maximum atomic E-state index is 12.3. The first-order valence-electron chi connectivity index (χ1n) is 6.65. The summed E-state index contributed by atoms with van der Waals surface area (Å²) in [6.07, 6.45) is 3.94. The topological polar surface area (TPSA) is 40.6 Å². The summed E-state index contributed by atoms with van der Waals surface area (Å²) in [5, 5.41) is 0. The summed E-state index contributed by atoms with van der Waals surface area (Å²) < 4.78 is 0. The monoisotopic (exact) mass is 238 g/mol. The first-order chi connectivity index (χ1) is 8.09. The third kappa shape index (κ3) is 2.61. The van der Waals surface area contributed by atoms with Gasteiger partial charge in [-0.2, -0.15) is 0 Å². The Kier molecular flexibility index (Phi) is 3.69. The fraction of sp³-hybridized carbons (Fsp3) is 0.846. The van der Waals surface area contributed by atoms with E-state index in [0.29, 0.717) is 11.9 Å². The predicted molar refractivity (Wildman–Crippen MR) is 65.4 cm³/mol. The zero-order valence-electron chi connectivity index (χ0n) is 10.8. The second-order valence-electron chi connectivity index (χ2n) is 5.30. The Morgan fingerprint density at radius 1 is 1.06 bits per heavy atom. The van der Waals surface area contributed by atoms with E-state index in [1.807, 2.05) is 9.80 Å². The van der Waals surface area contributed by atoms with E-state index in [1.165, 1.54) is 0 Å². The summed E-state index contributed by atoms with van der Waals surface area (Å²) in [6.45, 7) is 6.15. The van der Waals surface area contributed by atoms with Crippen LogP contribution in [0.2, 0.25) is 0 Å². The van der Waals surface area contributed by atoms with Crippen molar-refractivity contribution in [2.75, 3.05) is 19.6 Å². The van der Waals surface area contributed by atoms with Crippen LogP contribution in [-0.2, 0) is 9.59 Å². The van der Waals surface area contributed by atoms with Crippen LogP contribution >= 0.6 is 0 Å². The van der Waals surface area contributed by atoms with Gasteiger partial charge in [0, 0.05) is 38.5 Å². The minimum atomic E-state index is 0.130. The van der Waals surface area contributed by atoms with Gasteiger partial charge in [0.05, 0.1) is 0 Å². The summed E-state index contributed by atoms with van der Waals surface area (Å²) in [7, 11) is 0. The van der Waals surface area contributed by atoms with Crippen LogP contribution in [0.1, 0.15) is 39.5 Å². The standard InChI is InChI=1S/C13H22N2O2/c1-10-4-3-7-15(10)13(17)12-5-8-14(9-6-12)11(2)16/h10,12H,3-9H2,1-2H3. The van der Waals surface area contributed by atoms with E-state index in [0.717, 1.165) is 45.3 Å². The number of likely N-dealkylation sites (tertiary alicyclic amines) is 2. The largest absolute Gasteiger partial charge is 0.343 e. The Morgan fingerprint density at radius 2 is 1.71 bits per heavy atom. The van der Waals surface area contributed by atoms with Crippen molar-refractivity contribution in [1.82, 2.24) is 9.80 Å². The molecule has 4 heteroatoms. The lowest BCUT2D eigenvalue weighted by atomic mass is 9.95. The lowest BCUT2D eigenvalue weighted by Gasteiger charge is -2.33. The molecule has 2 rings (SSSR count). The second-order valence-corrected chi connectivity index (χ2v) is 5.30. The molecule has 1 unspecified atom stereocenters. The molecule has 0 bridgehead atoms. The third-order valence-electron chi connectivity index (χ3n) is 4.13. The van der Waals surface area contributed by atoms with Crippen molar-refractivity contribution >= 4 is 11.8 Å². The molecule has 0 radical (unpaired) electrons. The molecular formula is C13H22N2O2. The molecule has 4 nitrogen and oxygen atoms in total. The molecule has 0 aromatic rings. The van der Waals surface area contributed by atoms with E-state index in [2.05, 4.69) is 6.92 Å². The van der Waals surface area contributed by atoms with E-state index in [1.54, 1.807) is 6.92 Å². The molecule has 0 aliphatic carbocycles. The van der Waals surface area contributed by atoms with Gasteiger partial charge in [-0.25, -0.2) is 0 Å². The van der Waals surface area contributed by atoms with E-state index in [-0.39, 0.29) is 11.8 Å². The Balaban J connectivity index is 1.88. The van der Waals surface area contributed by atoms with E-state index in [4.69, 9.17) is 0 Å². The van der Waals surface area contributed by atoms with Crippen LogP contribution in [-0.4, -0.2) is 47.3 Å². The fourth-order valence-electron chi connectivity index (χ4n) is 2.94. The summed E-state index contributed by atoms with van der Waals surface area (Å²) in [6, 6.07) is 0.410. The predicted octanol–water partition coefficient (Wildman–Crippen LogP) is 1.26. The lowest BCUT2D eigenvalue weighted by molar-refractivity contribution is -0.140. The fourth-order valence-corrected chi connectivity index (χ4v) is 2.94. The number of hydrogen-bond acceptors (Lipinski definition) is 2. The maximum Gasteiger partial charge on any atom is 0.226 e. The molecule has 2 amide bonds. The van der Waals surface area contributed by atoms with Gasteiger partial charge in [-0.3, -0.25) is 9.59 Å². The van der Waals surface area contributed by atoms with Gasteiger partial charge in [0.1, 0.15) is 0 Å². The molecule has 2 aliphatic heterocycles. The number of rotatable bonds is 1. The van der Waals surface area contributed by atoms with Gasteiger partial charge in [0.25, 0.3) is 0 Å². The van der Waals surface area contributed by atoms with Crippen LogP contribution in [0.15, 0.2) is 0 Å². The minimum Gasteiger partial charge on any atom is -0.343 e. The van der Waals surface area contributed by atoms with Crippen LogP contribution in [0.3, 0.4) is 0 Å². The zero-order valence-corrected chi connectivity index (χ0v) is 10.8. The SMILES string of the molecule is CC(=O)N1CCC(C(=O)N2CCCC2C)CC1. The van der Waals surface area contributed by atoms with Crippen molar-refractivity contribution in [3.63, 3.8) is 0 Å². The van der Waals surface area contributed by atoms with Crippen molar-refractivity contribution in [2.24, 2.45) is 5.92 Å². The Bertz CT molecular complexity index is 309. The summed E-state index contributed by atoms with van der Waals surface area (Å²) in [4.78, 5) is 27.4. The van der Waals surface area contributed by atoms with Crippen molar-refractivity contribution in [1.29, 1.82) is 0 Å². The Hall–Kier alpha value is -1.06. The number of carbonyl (C=O) groups excluding carboxylic acids is 2. The highest BCUT2D eigenvalue weighted by molar-refractivity contribution is 5.80. The highest BCUT2D eigenvalue weighted by Gasteiger charge is 2.33. The van der Waals surface area contributed by atoms with Crippen molar-refractivity contribution in [3.8, 4) is 0 Å². The van der Waals surface area contributed by atoms with Gasteiger partial charge in [-0.05, 0) is 32.6 Å². The van der Waals surface area contributed by atoms with Gasteiger partial charge in [-0.15, -0.1) is 0 Å². The minimum absolute atomic E-state index is 0.130. The number of amides is 2. The van der Waals surface area contributed by atoms with Crippen molar-refractivity contribution in [3.05, 3.63) is 0 Å². The van der Waals surface area contributed by atoms with Crippen LogP contribution in [0.25, 0.3) is 0 Å². The van der Waals surface area contributed by atoms with E-state index >= 15 is 0 Å². The molecule has 2 saturated heterocycles. The average molecular weight is 238 g/mol. The Labute approximate surface area is 103 Å². The second kappa shape index (κ2) is 5.07. The Morgan fingerprint density at radius 3 is 2.18 bits per heavy atom. The molecule has 2 heterocycles. The molecule has 2 fully saturated rings. The van der Waals surface area contributed by atoms with Gasteiger partial charge in [0.15, 0.2) is 0 Å². The molecule has 96 valence electrons. The maximum absolute atomic E-state index is 12.3. The molecule has 0 saturated carbocycles. The quantitative estimate of drug-likeness (QED) is 0.690. The average Bonchev–Trinajstić information content (AvgIpc) is 2.74. The van der Waals surface area contributed by atoms with Crippen molar-refractivity contribution in [2.45, 2.75) is 45.6 Å². The van der Waals surface area contributed by atoms with Crippen LogP contribution in [0.4, 0.5) is 0 Å². The molecule has 2 aliphatic rings.